The molecule has 5 nitrogen and oxygen atoms in total. The molecule has 0 radical (unpaired) electrons. The van der Waals surface area contributed by atoms with Crippen LogP contribution in [-0.2, 0) is 27.7 Å². The largest absolute Gasteiger partial charge is 0.299 e. The molecule has 28 heavy (non-hydrogen) atoms. The van der Waals surface area contributed by atoms with Crippen LogP contribution in [0.25, 0.3) is 0 Å². The van der Waals surface area contributed by atoms with Crippen molar-refractivity contribution in [3.63, 3.8) is 0 Å². The van der Waals surface area contributed by atoms with Crippen LogP contribution in [0.15, 0.2) is 82.4 Å². The molecule has 1 N–H and O–H groups in total. The van der Waals surface area contributed by atoms with Gasteiger partial charge in [0.15, 0.2) is 0 Å². The zero-order chi connectivity index (χ0) is 20.0. The molecule has 3 rings (SSSR count). The number of aryl methyl sites for hydroxylation is 1. The molecule has 0 amide bonds. The second-order valence-corrected chi connectivity index (χ2v) is 8.93. The Labute approximate surface area is 173 Å². The van der Waals surface area contributed by atoms with Gasteiger partial charge in [0, 0.05) is 35.4 Å². The van der Waals surface area contributed by atoms with E-state index in [4.69, 9.17) is 0 Å². The summed E-state index contributed by atoms with van der Waals surface area (Å²) in [6.07, 6.45) is 4.90. The van der Waals surface area contributed by atoms with Crippen LogP contribution in [0.5, 0.6) is 0 Å². The monoisotopic (exact) mass is 458 g/mol. The molecule has 1 heterocycles. The van der Waals surface area contributed by atoms with Crippen molar-refractivity contribution in [3.8, 4) is 0 Å². The normalized spacial score (nSPS) is 11.2. The number of halogens is 1. The molecule has 3 aromatic rings. The van der Waals surface area contributed by atoms with Crippen LogP contribution >= 0.6 is 15.9 Å². The number of carbonyl (C=O) groups is 1. The van der Waals surface area contributed by atoms with E-state index < -0.39 is 10.0 Å². The van der Waals surface area contributed by atoms with Crippen molar-refractivity contribution in [1.29, 1.82) is 0 Å². The number of Topliss-reactive ketones (excluding diaryl/α,β-unsaturated/α-hetero) is 1. The van der Waals surface area contributed by atoms with Crippen LogP contribution in [0, 0.1) is 0 Å². The fraction of sp³-hybridized carbons (Fsp3) is 0.143. The van der Waals surface area contributed by atoms with Crippen LogP contribution in [0.1, 0.15) is 17.5 Å². The summed E-state index contributed by atoms with van der Waals surface area (Å²) < 4.78 is 28.1. The van der Waals surface area contributed by atoms with Crippen LogP contribution < -0.4 is 4.72 Å². The molecule has 0 saturated heterocycles. The smallest absolute Gasteiger partial charge is 0.261 e. The summed E-state index contributed by atoms with van der Waals surface area (Å²) in [6.45, 7) is 0. The summed E-state index contributed by atoms with van der Waals surface area (Å²) in [5, 5.41) is 0. The van der Waals surface area contributed by atoms with Crippen molar-refractivity contribution in [2.24, 2.45) is 0 Å². The fourth-order valence-electron chi connectivity index (χ4n) is 2.68. The zero-order valence-corrected chi connectivity index (χ0v) is 17.4. The first-order valence-electron chi connectivity index (χ1n) is 8.70. The van der Waals surface area contributed by atoms with Gasteiger partial charge >= 0.3 is 0 Å². The van der Waals surface area contributed by atoms with Gasteiger partial charge in [-0.2, -0.15) is 0 Å². The van der Waals surface area contributed by atoms with E-state index in [1.807, 2.05) is 12.1 Å². The Hall–Kier alpha value is -2.51. The van der Waals surface area contributed by atoms with E-state index in [-0.39, 0.29) is 10.7 Å². The summed E-state index contributed by atoms with van der Waals surface area (Å²) in [6, 6.07) is 17.2. The molecular weight excluding hydrogens is 440 g/mol. The van der Waals surface area contributed by atoms with Crippen LogP contribution in [0.2, 0.25) is 0 Å². The Balaban J connectivity index is 1.58. The quantitative estimate of drug-likeness (QED) is 0.542. The number of nitrogens with one attached hydrogen (secondary N) is 1. The van der Waals surface area contributed by atoms with Crippen molar-refractivity contribution >= 4 is 37.4 Å². The van der Waals surface area contributed by atoms with Crippen LogP contribution in [0.4, 0.5) is 5.69 Å². The van der Waals surface area contributed by atoms with Crippen molar-refractivity contribution in [2.75, 3.05) is 4.72 Å². The summed E-state index contributed by atoms with van der Waals surface area (Å²) in [7, 11) is -3.66. The minimum absolute atomic E-state index is 0.131. The first-order chi connectivity index (χ1) is 13.4. The summed E-state index contributed by atoms with van der Waals surface area (Å²) in [5.74, 6) is 0.131. The van der Waals surface area contributed by atoms with E-state index in [9.17, 15) is 13.2 Å². The van der Waals surface area contributed by atoms with E-state index in [2.05, 4.69) is 25.6 Å². The summed E-state index contributed by atoms with van der Waals surface area (Å²) in [4.78, 5) is 16.4. The first kappa shape index (κ1) is 20.2. The van der Waals surface area contributed by atoms with Gasteiger partial charge in [-0.05, 0) is 53.9 Å². The van der Waals surface area contributed by atoms with Crippen LogP contribution in [0.3, 0.4) is 0 Å². The molecule has 0 aliphatic heterocycles. The molecule has 1 aromatic heterocycles. The molecule has 0 aliphatic carbocycles. The molecule has 0 saturated carbocycles. The van der Waals surface area contributed by atoms with Gasteiger partial charge < -0.3 is 0 Å². The number of benzene rings is 2. The predicted molar refractivity (Wildman–Crippen MR) is 113 cm³/mol. The number of rotatable bonds is 8. The predicted octanol–water partition coefficient (Wildman–Crippen LogP) is 4.39. The Morgan fingerprint density at radius 3 is 2.46 bits per heavy atom. The molecule has 0 spiro atoms. The lowest BCUT2D eigenvalue weighted by Crippen LogP contribution is -2.13. The average Bonchev–Trinajstić information content (AvgIpc) is 2.68. The SMILES string of the molecule is O=C(CCc1cccnc1)Cc1ccc(NS(=O)(=O)c2cccc(Br)c2)cc1. The number of anilines is 1. The number of aromatic nitrogens is 1. The Morgan fingerprint density at radius 2 is 1.79 bits per heavy atom. The highest BCUT2D eigenvalue weighted by Gasteiger charge is 2.14. The van der Waals surface area contributed by atoms with Gasteiger partial charge in [0.2, 0.25) is 0 Å². The number of ketones is 1. The molecule has 7 heteroatoms. The number of sulfonamides is 1. The molecule has 144 valence electrons. The third-order valence-electron chi connectivity index (χ3n) is 4.13. The zero-order valence-electron chi connectivity index (χ0n) is 15.0. The molecule has 0 unspecified atom stereocenters. The van der Waals surface area contributed by atoms with E-state index in [0.717, 1.165) is 11.1 Å². The number of carbonyl (C=O) groups excluding carboxylic acids is 1. The number of hydrogen-bond acceptors (Lipinski definition) is 4. The first-order valence-corrected chi connectivity index (χ1v) is 11.0. The molecule has 0 atom stereocenters. The highest BCUT2D eigenvalue weighted by Crippen LogP contribution is 2.20. The lowest BCUT2D eigenvalue weighted by molar-refractivity contribution is -0.118. The maximum Gasteiger partial charge on any atom is 0.261 e. The highest BCUT2D eigenvalue weighted by molar-refractivity contribution is 9.10. The average molecular weight is 459 g/mol. The molecule has 0 aliphatic rings. The molecule has 0 fully saturated rings. The number of hydrogen-bond donors (Lipinski definition) is 1. The Morgan fingerprint density at radius 1 is 1.00 bits per heavy atom. The third-order valence-corrected chi connectivity index (χ3v) is 6.00. The van der Waals surface area contributed by atoms with Gasteiger partial charge in [0.25, 0.3) is 10.0 Å². The number of nitrogens with zero attached hydrogens (tertiary/aromatic N) is 1. The van der Waals surface area contributed by atoms with Crippen molar-refractivity contribution in [1.82, 2.24) is 4.98 Å². The van der Waals surface area contributed by atoms with Gasteiger partial charge in [0.1, 0.15) is 5.78 Å². The van der Waals surface area contributed by atoms with E-state index in [1.54, 1.807) is 48.8 Å². The fourth-order valence-corrected chi connectivity index (χ4v) is 4.34. The molecule has 2 aromatic carbocycles. The summed E-state index contributed by atoms with van der Waals surface area (Å²) >= 11 is 3.27. The van der Waals surface area contributed by atoms with Gasteiger partial charge in [0.05, 0.1) is 4.90 Å². The maximum absolute atomic E-state index is 12.4. The molecule has 0 bridgehead atoms. The summed E-state index contributed by atoms with van der Waals surface area (Å²) in [5.41, 5.74) is 2.33. The lowest BCUT2D eigenvalue weighted by Gasteiger charge is -2.09. The van der Waals surface area contributed by atoms with Gasteiger partial charge in [-0.25, -0.2) is 8.42 Å². The maximum atomic E-state index is 12.4. The Bertz CT molecular complexity index is 1050. The van der Waals surface area contributed by atoms with Crippen molar-refractivity contribution < 1.29 is 13.2 Å². The van der Waals surface area contributed by atoms with Gasteiger partial charge in [-0.15, -0.1) is 0 Å². The Kier molecular flexibility index (Phi) is 6.59. The third kappa shape index (κ3) is 5.74. The van der Waals surface area contributed by atoms with Gasteiger partial charge in [-0.1, -0.05) is 40.2 Å². The van der Waals surface area contributed by atoms with Gasteiger partial charge in [-0.3, -0.25) is 14.5 Å². The standard InChI is InChI=1S/C21H19BrN2O3S/c22-18-4-1-5-21(14-18)28(26,27)24-19-9-6-16(7-10-19)13-20(25)11-8-17-3-2-12-23-15-17/h1-7,9-10,12,14-15,24H,8,11,13H2. The van der Waals surface area contributed by atoms with E-state index in [0.29, 0.717) is 29.4 Å². The van der Waals surface area contributed by atoms with Crippen molar-refractivity contribution in [3.05, 3.63) is 88.7 Å². The second-order valence-electron chi connectivity index (χ2n) is 6.34. The lowest BCUT2D eigenvalue weighted by atomic mass is 10.0. The highest BCUT2D eigenvalue weighted by atomic mass is 79.9. The van der Waals surface area contributed by atoms with Crippen LogP contribution in [-0.4, -0.2) is 19.2 Å². The van der Waals surface area contributed by atoms with Crippen molar-refractivity contribution in [2.45, 2.75) is 24.2 Å². The molecular formula is C21H19BrN2O3S. The number of pyridine rings is 1. The minimum Gasteiger partial charge on any atom is -0.299 e. The second kappa shape index (κ2) is 9.12. The minimum atomic E-state index is -3.66. The topological polar surface area (TPSA) is 76.1 Å². The van der Waals surface area contributed by atoms with E-state index >= 15 is 0 Å². The van der Waals surface area contributed by atoms with E-state index in [1.165, 1.54) is 12.1 Å².